The van der Waals surface area contributed by atoms with Crippen molar-refractivity contribution in [3.63, 3.8) is 0 Å². The molecule has 2 amide bonds. The summed E-state index contributed by atoms with van der Waals surface area (Å²) in [5.41, 5.74) is 3.32. The third-order valence-corrected chi connectivity index (χ3v) is 5.62. The fourth-order valence-electron chi connectivity index (χ4n) is 3.14. The minimum absolute atomic E-state index is 0.00168. The molecule has 3 N–H and O–H groups in total. The lowest BCUT2D eigenvalue weighted by Crippen LogP contribution is -2.46. The van der Waals surface area contributed by atoms with Crippen molar-refractivity contribution in [2.75, 3.05) is 0 Å². The first-order chi connectivity index (χ1) is 15.4. The molecule has 0 aliphatic rings. The summed E-state index contributed by atoms with van der Waals surface area (Å²) in [4.78, 5) is 36.4. The molecule has 0 saturated carbocycles. The van der Waals surface area contributed by atoms with Crippen LogP contribution in [-0.2, 0) is 16.1 Å². The van der Waals surface area contributed by atoms with Gasteiger partial charge in [-0.1, -0.05) is 54.6 Å². The van der Waals surface area contributed by atoms with Crippen LogP contribution < -0.4 is 10.6 Å². The Morgan fingerprint density at radius 3 is 2.09 bits per heavy atom. The second-order valence-corrected chi connectivity index (χ2v) is 8.49. The highest BCUT2D eigenvalue weighted by Gasteiger charge is 2.22. The van der Waals surface area contributed by atoms with Gasteiger partial charge in [-0.3, -0.25) is 14.4 Å². The lowest BCUT2D eigenvalue weighted by Gasteiger charge is -2.18. The topological polar surface area (TPSA) is 95.5 Å². The summed E-state index contributed by atoms with van der Waals surface area (Å²) in [5, 5.41) is 14.5. The number of benzene rings is 3. The quantitative estimate of drug-likeness (QED) is 0.353. The van der Waals surface area contributed by atoms with Crippen molar-refractivity contribution in [2.24, 2.45) is 0 Å². The van der Waals surface area contributed by atoms with Crippen molar-refractivity contribution in [1.82, 2.24) is 10.6 Å². The van der Waals surface area contributed by atoms with Crippen LogP contribution in [0.15, 0.2) is 78.9 Å². The normalized spacial score (nSPS) is 11.4. The molecule has 6 nitrogen and oxygen atoms in total. The highest BCUT2D eigenvalue weighted by molar-refractivity contribution is 14.1. The van der Waals surface area contributed by atoms with Crippen LogP contribution in [0.1, 0.15) is 28.8 Å². The number of halogens is 1. The number of aliphatic carboxylic acids is 1. The molecule has 1 atom stereocenters. The Bertz CT molecular complexity index is 1070. The zero-order valence-corrected chi connectivity index (χ0v) is 19.4. The Hall–Kier alpha value is -3.20. The third-order valence-electron chi connectivity index (χ3n) is 4.90. The van der Waals surface area contributed by atoms with Crippen molar-refractivity contribution in [3.8, 4) is 11.1 Å². The SMILES string of the molecule is O=C(O)CC[C@H](NC(=O)c1ccc(-c2ccccc2)cc1)C(=O)NCc1ccc(I)cc1. The Morgan fingerprint density at radius 1 is 0.844 bits per heavy atom. The number of hydrogen-bond donors (Lipinski definition) is 3. The van der Waals surface area contributed by atoms with E-state index in [0.29, 0.717) is 12.1 Å². The van der Waals surface area contributed by atoms with Gasteiger partial charge < -0.3 is 15.7 Å². The summed E-state index contributed by atoms with van der Waals surface area (Å²) in [6, 6.07) is 23.6. The van der Waals surface area contributed by atoms with E-state index in [-0.39, 0.29) is 12.8 Å². The maximum atomic E-state index is 12.7. The molecule has 0 unspecified atom stereocenters. The van der Waals surface area contributed by atoms with E-state index < -0.39 is 23.8 Å². The predicted molar refractivity (Wildman–Crippen MR) is 131 cm³/mol. The average molecular weight is 542 g/mol. The largest absolute Gasteiger partial charge is 0.481 e. The molecule has 0 spiro atoms. The van der Waals surface area contributed by atoms with E-state index in [2.05, 4.69) is 33.2 Å². The van der Waals surface area contributed by atoms with Gasteiger partial charge in [-0.15, -0.1) is 0 Å². The van der Waals surface area contributed by atoms with Crippen molar-refractivity contribution >= 4 is 40.4 Å². The third kappa shape index (κ3) is 6.91. The number of nitrogens with one attached hydrogen (secondary N) is 2. The zero-order chi connectivity index (χ0) is 22.9. The monoisotopic (exact) mass is 542 g/mol. The number of carboxylic acids is 1. The van der Waals surface area contributed by atoms with Crippen molar-refractivity contribution in [1.29, 1.82) is 0 Å². The molecular weight excluding hydrogens is 519 g/mol. The van der Waals surface area contributed by atoms with Crippen molar-refractivity contribution < 1.29 is 19.5 Å². The van der Waals surface area contributed by atoms with E-state index in [1.165, 1.54) is 0 Å². The number of rotatable bonds is 9. The summed E-state index contributed by atoms with van der Waals surface area (Å²) >= 11 is 2.20. The average Bonchev–Trinajstić information content (AvgIpc) is 2.81. The summed E-state index contributed by atoms with van der Waals surface area (Å²) < 4.78 is 1.09. The second-order valence-electron chi connectivity index (χ2n) is 7.25. The van der Waals surface area contributed by atoms with Gasteiger partial charge in [-0.05, 0) is 70.0 Å². The molecule has 0 bridgehead atoms. The van der Waals surface area contributed by atoms with Crippen LogP contribution in [0.25, 0.3) is 11.1 Å². The van der Waals surface area contributed by atoms with Gasteiger partial charge in [-0.25, -0.2) is 0 Å². The Balaban J connectivity index is 1.65. The standard InChI is InChI=1S/C25H23IN2O4/c26-21-12-6-17(7-13-21)16-27-25(32)22(14-15-23(29)30)28-24(31)20-10-8-19(9-11-20)18-4-2-1-3-5-18/h1-13,22H,14-16H2,(H,27,32)(H,28,31)(H,29,30)/t22-/m0/s1. The van der Waals surface area contributed by atoms with Crippen molar-refractivity contribution in [2.45, 2.75) is 25.4 Å². The number of carbonyl (C=O) groups excluding carboxylic acids is 2. The van der Waals surface area contributed by atoms with Gasteiger partial charge in [0.1, 0.15) is 6.04 Å². The number of hydrogen-bond acceptors (Lipinski definition) is 3. The fraction of sp³-hybridized carbons (Fsp3) is 0.160. The van der Waals surface area contributed by atoms with Gasteiger partial charge in [0.25, 0.3) is 5.91 Å². The highest BCUT2D eigenvalue weighted by Crippen LogP contribution is 2.19. The molecule has 32 heavy (non-hydrogen) atoms. The maximum Gasteiger partial charge on any atom is 0.303 e. The molecule has 0 aliphatic carbocycles. The smallest absolute Gasteiger partial charge is 0.303 e. The van der Waals surface area contributed by atoms with E-state index in [1.54, 1.807) is 12.1 Å². The van der Waals surface area contributed by atoms with Crippen molar-refractivity contribution in [3.05, 3.63) is 93.6 Å². The first-order valence-corrected chi connectivity index (χ1v) is 11.2. The van der Waals surface area contributed by atoms with Gasteiger partial charge >= 0.3 is 5.97 Å². The summed E-state index contributed by atoms with van der Waals surface area (Å²) in [6.45, 7) is 0.293. The minimum atomic E-state index is -1.03. The molecule has 7 heteroatoms. The second kappa shape index (κ2) is 11.4. The van der Waals surface area contributed by atoms with Crippen LogP contribution in [0.5, 0.6) is 0 Å². The molecule has 0 fully saturated rings. The maximum absolute atomic E-state index is 12.7. The van der Waals surface area contributed by atoms with E-state index >= 15 is 0 Å². The molecule has 3 aromatic carbocycles. The summed E-state index contributed by atoms with van der Waals surface area (Å²) in [7, 11) is 0. The molecule has 0 heterocycles. The van der Waals surface area contributed by atoms with Gasteiger partial charge in [-0.2, -0.15) is 0 Å². The lowest BCUT2D eigenvalue weighted by atomic mass is 10.0. The molecule has 0 saturated heterocycles. The van der Waals surface area contributed by atoms with E-state index in [4.69, 9.17) is 5.11 Å². The van der Waals surface area contributed by atoms with Crippen LogP contribution in [-0.4, -0.2) is 28.9 Å². The fourth-order valence-corrected chi connectivity index (χ4v) is 3.50. The van der Waals surface area contributed by atoms with E-state index in [0.717, 1.165) is 20.3 Å². The predicted octanol–water partition coefficient (Wildman–Crippen LogP) is 4.24. The zero-order valence-electron chi connectivity index (χ0n) is 17.3. The Labute approximate surface area is 200 Å². The molecule has 164 valence electrons. The number of carbonyl (C=O) groups is 3. The van der Waals surface area contributed by atoms with Gasteiger partial charge in [0, 0.05) is 22.1 Å². The molecule has 0 aliphatic heterocycles. The Morgan fingerprint density at radius 2 is 1.47 bits per heavy atom. The highest BCUT2D eigenvalue weighted by atomic mass is 127. The Kier molecular flexibility index (Phi) is 8.38. The molecular formula is C25H23IN2O4. The first kappa shape index (κ1) is 23.5. The first-order valence-electron chi connectivity index (χ1n) is 10.1. The minimum Gasteiger partial charge on any atom is -0.481 e. The van der Waals surface area contributed by atoms with Crippen LogP contribution in [0.4, 0.5) is 0 Å². The molecule has 0 radical (unpaired) electrons. The number of amides is 2. The van der Waals surface area contributed by atoms with Crippen LogP contribution in [0, 0.1) is 3.57 Å². The van der Waals surface area contributed by atoms with Gasteiger partial charge in [0.2, 0.25) is 5.91 Å². The van der Waals surface area contributed by atoms with Crippen LogP contribution in [0.3, 0.4) is 0 Å². The van der Waals surface area contributed by atoms with E-state index in [1.807, 2.05) is 66.7 Å². The number of carboxylic acid groups (broad SMARTS) is 1. The van der Waals surface area contributed by atoms with Gasteiger partial charge in [0.15, 0.2) is 0 Å². The van der Waals surface area contributed by atoms with Crippen LogP contribution in [0.2, 0.25) is 0 Å². The summed E-state index contributed by atoms with van der Waals surface area (Å²) in [5.74, 6) is -1.87. The molecule has 3 rings (SSSR count). The lowest BCUT2D eigenvalue weighted by molar-refractivity contribution is -0.137. The van der Waals surface area contributed by atoms with E-state index in [9.17, 15) is 14.4 Å². The molecule has 0 aromatic heterocycles. The summed E-state index contributed by atoms with van der Waals surface area (Å²) in [6.07, 6.45) is -0.226. The van der Waals surface area contributed by atoms with Crippen LogP contribution >= 0.6 is 22.6 Å². The van der Waals surface area contributed by atoms with Gasteiger partial charge in [0.05, 0.1) is 0 Å². The molecule has 3 aromatic rings.